The van der Waals surface area contributed by atoms with Gasteiger partial charge in [-0.15, -0.1) is 0 Å². The molecule has 2 bridgehead atoms. The molecule has 2 N–H and O–H groups in total. The minimum atomic E-state index is -0.670. The second-order valence-electron chi connectivity index (χ2n) is 7.68. The molecule has 2 aliphatic carbocycles. The lowest BCUT2D eigenvalue weighted by Gasteiger charge is -2.36. The maximum Gasteiger partial charge on any atom is 0.303 e. The van der Waals surface area contributed by atoms with Gasteiger partial charge in [0.05, 0.1) is 6.10 Å². The standard InChI is InChI=1S/C10H18O.C8H16O2/c1-9(2)7-4-5-10(9,3)8(11)6-7;1-2-3-4-5-6-7-8(9)10/h7-8,11H,4-6H2,1-3H3;2-7H2,1H3,(H,9,10)/t7-,8+,10-;/m1./s1. The van der Waals surface area contributed by atoms with Crippen molar-refractivity contribution in [3.8, 4) is 0 Å². The highest BCUT2D eigenvalue weighted by atomic mass is 16.4. The van der Waals surface area contributed by atoms with Crippen LogP contribution in [-0.2, 0) is 4.79 Å². The molecule has 0 aromatic carbocycles. The number of unbranched alkanes of at least 4 members (excludes halogenated alkanes) is 4. The molecular formula is C18H34O3. The Hall–Kier alpha value is -0.570. The molecule has 3 nitrogen and oxygen atoms in total. The summed E-state index contributed by atoms with van der Waals surface area (Å²) in [6.45, 7) is 9.05. The molecule has 0 saturated heterocycles. The molecule has 2 saturated carbocycles. The van der Waals surface area contributed by atoms with E-state index < -0.39 is 5.97 Å². The molecule has 0 heterocycles. The van der Waals surface area contributed by atoms with Crippen LogP contribution in [0.2, 0.25) is 0 Å². The molecule has 3 heteroatoms. The van der Waals surface area contributed by atoms with E-state index in [0.29, 0.717) is 11.8 Å². The van der Waals surface area contributed by atoms with Gasteiger partial charge in [-0.25, -0.2) is 0 Å². The molecule has 2 aliphatic rings. The first-order valence-corrected chi connectivity index (χ1v) is 8.65. The average Bonchev–Trinajstić information content (AvgIpc) is 2.72. The van der Waals surface area contributed by atoms with Gasteiger partial charge < -0.3 is 10.2 Å². The minimum Gasteiger partial charge on any atom is -0.481 e. The Morgan fingerprint density at radius 3 is 2.10 bits per heavy atom. The first-order valence-electron chi connectivity index (χ1n) is 8.65. The van der Waals surface area contributed by atoms with E-state index in [1.807, 2.05) is 0 Å². The number of carboxylic acids is 1. The molecule has 0 aromatic rings. The summed E-state index contributed by atoms with van der Waals surface area (Å²) in [6.07, 6.45) is 9.46. The molecule has 124 valence electrons. The third-order valence-corrected chi connectivity index (χ3v) is 6.24. The molecule has 2 fully saturated rings. The van der Waals surface area contributed by atoms with Crippen molar-refractivity contribution >= 4 is 5.97 Å². The first-order chi connectivity index (χ1) is 9.75. The monoisotopic (exact) mass is 298 g/mol. The topological polar surface area (TPSA) is 57.5 Å². The molecular weight excluding hydrogens is 264 g/mol. The minimum absolute atomic E-state index is 0.0313. The third kappa shape index (κ3) is 4.21. The normalized spacial score (nSPS) is 32.6. The number of fused-ring (bicyclic) bond motifs is 2. The van der Waals surface area contributed by atoms with Crippen LogP contribution in [0.3, 0.4) is 0 Å². The highest BCUT2D eigenvalue weighted by Crippen LogP contribution is 2.65. The molecule has 3 atom stereocenters. The molecule has 0 radical (unpaired) electrons. The predicted molar refractivity (Wildman–Crippen MR) is 86.2 cm³/mol. The Morgan fingerprint density at radius 1 is 1.14 bits per heavy atom. The number of carboxylic acid groups (broad SMARTS) is 1. The van der Waals surface area contributed by atoms with Gasteiger partial charge in [0.2, 0.25) is 0 Å². The molecule has 0 amide bonds. The zero-order chi connectivity index (χ0) is 16.1. The van der Waals surface area contributed by atoms with Crippen molar-refractivity contribution in [2.24, 2.45) is 16.7 Å². The number of hydrogen-bond acceptors (Lipinski definition) is 2. The Balaban J connectivity index is 0.000000212. The van der Waals surface area contributed by atoms with Gasteiger partial charge in [-0.2, -0.15) is 0 Å². The predicted octanol–water partition coefficient (Wildman–Crippen LogP) is 4.63. The fourth-order valence-electron chi connectivity index (χ4n) is 4.04. The van der Waals surface area contributed by atoms with Crippen LogP contribution >= 0.6 is 0 Å². The number of hydrogen-bond donors (Lipinski definition) is 2. The van der Waals surface area contributed by atoms with Crippen molar-refractivity contribution in [3.63, 3.8) is 0 Å². The number of aliphatic carboxylic acids is 1. The summed E-state index contributed by atoms with van der Waals surface area (Å²) in [4.78, 5) is 10.0. The Bertz CT molecular complexity index is 337. The summed E-state index contributed by atoms with van der Waals surface area (Å²) < 4.78 is 0. The molecule has 21 heavy (non-hydrogen) atoms. The van der Waals surface area contributed by atoms with Gasteiger partial charge in [0, 0.05) is 6.42 Å². The molecule has 0 unspecified atom stereocenters. The highest BCUT2D eigenvalue weighted by molar-refractivity contribution is 5.66. The smallest absolute Gasteiger partial charge is 0.303 e. The van der Waals surface area contributed by atoms with E-state index in [4.69, 9.17) is 5.11 Å². The lowest BCUT2D eigenvalue weighted by Crippen LogP contribution is -2.35. The lowest BCUT2D eigenvalue weighted by molar-refractivity contribution is -0.137. The Labute approximate surface area is 130 Å². The zero-order valence-corrected chi connectivity index (χ0v) is 14.3. The van der Waals surface area contributed by atoms with E-state index in [1.54, 1.807) is 0 Å². The maximum absolute atomic E-state index is 10.0. The van der Waals surface area contributed by atoms with Crippen LogP contribution in [0.4, 0.5) is 0 Å². The fourth-order valence-corrected chi connectivity index (χ4v) is 4.04. The van der Waals surface area contributed by atoms with Crippen molar-refractivity contribution in [1.29, 1.82) is 0 Å². The number of aliphatic hydroxyl groups excluding tert-OH is 1. The van der Waals surface area contributed by atoms with E-state index in [-0.39, 0.29) is 11.5 Å². The van der Waals surface area contributed by atoms with E-state index >= 15 is 0 Å². The van der Waals surface area contributed by atoms with Crippen molar-refractivity contribution in [2.45, 2.75) is 91.6 Å². The number of rotatable bonds is 6. The van der Waals surface area contributed by atoms with Crippen LogP contribution in [-0.4, -0.2) is 22.3 Å². The van der Waals surface area contributed by atoms with Gasteiger partial charge in [-0.1, -0.05) is 53.4 Å². The number of carbonyl (C=O) groups is 1. The van der Waals surface area contributed by atoms with Crippen LogP contribution in [0.1, 0.15) is 85.5 Å². The lowest BCUT2D eigenvalue weighted by atomic mass is 9.70. The van der Waals surface area contributed by atoms with Gasteiger partial charge in [0.15, 0.2) is 0 Å². The summed E-state index contributed by atoms with van der Waals surface area (Å²) >= 11 is 0. The van der Waals surface area contributed by atoms with Crippen LogP contribution in [0.15, 0.2) is 0 Å². The summed E-state index contributed by atoms with van der Waals surface area (Å²) in [5.41, 5.74) is 0.601. The summed E-state index contributed by atoms with van der Waals surface area (Å²) in [5, 5.41) is 18.1. The SMILES string of the molecule is CC1(C)[C@@H]2CC[C@]1(C)[C@@H](O)C2.CCCCCCCC(=O)O. The molecule has 0 spiro atoms. The quantitative estimate of drug-likeness (QED) is 0.703. The largest absolute Gasteiger partial charge is 0.481 e. The van der Waals surface area contributed by atoms with Crippen LogP contribution in [0.5, 0.6) is 0 Å². The summed E-state index contributed by atoms with van der Waals surface area (Å²) in [5.74, 6) is 0.110. The fraction of sp³-hybridized carbons (Fsp3) is 0.944. The number of aliphatic hydroxyl groups is 1. The average molecular weight is 298 g/mol. The van der Waals surface area contributed by atoms with E-state index in [2.05, 4.69) is 27.7 Å². The van der Waals surface area contributed by atoms with Gasteiger partial charge in [-0.05, 0) is 42.4 Å². The highest BCUT2D eigenvalue weighted by Gasteiger charge is 2.60. The van der Waals surface area contributed by atoms with E-state index in [0.717, 1.165) is 25.2 Å². The van der Waals surface area contributed by atoms with Gasteiger partial charge in [0.1, 0.15) is 0 Å². The van der Waals surface area contributed by atoms with Gasteiger partial charge >= 0.3 is 5.97 Å². The molecule has 0 aliphatic heterocycles. The van der Waals surface area contributed by atoms with Crippen molar-refractivity contribution in [1.82, 2.24) is 0 Å². The van der Waals surface area contributed by atoms with E-state index in [1.165, 1.54) is 32.1 Å². The van der Waals surface area contributed by atoms with Gasteiger partial charge in [-0.3, -0.25) is 4.79 Å². The third-order valence-electron chi connectivity index (χ3n) is 6.24. The second kappa shape index (κ2) is 7.62. The van der Waals surface area contributed by atoms with Crippen LogP contribution in [0, 0.1) is 16.7 Å². The van der Waals surface area contributed by atoms with Crippen LogP contribution < -0.4 is 0 Å². The molecule has 2 rings (SSSR count). The second-order valence-corrected chi connectivity index (χ2v) is 7.68. The van der Waals surface area contributed by atoms with Crippen molar-refractivity contribution < 1.29 is 15.0 Å². The molecule has 0 aromatic heterocycles. The van der Waals surface area contributed by atoms with Crippen molar-refractivity contribution in [3.05, 3.63) is 0 Å². The van der Waals surface area contributed by atoms with Gasteiger partial charge in [0.25, 0.3) is 0 Å². The van der Waals surface area contributed by atoms with Crippen molar-refractivity contribution in [2.75, 3.05) is 0 Å². The first kappa shape index (κ1) is 18.5. The summed E-state index contributed by atoms with van der Waals surface area (Å²) in [7, 11) is 0. The summed E-state index contributed by atoms with van der Waals surface area (Å²) in [6, 6.07) is 0. The Morgan fingerprint density at radius 2 is 1.76 bits per heavy atom. The van der Waals surface area contributed by atoms with Crippen LogP contribution in [0.25, 0.3) is 0 Å². The van der Waals surface area contributed by atoms with E-state index in [9.17, 15) is 9.90 Å². The maximum atomic E-state index is 10.0. The zero-order valence-electron chi connectivity index (χ0n) is 14.3. The Kier molecular flexibility index (Phi) is 6.71.